The van der Waals surface area contributed by atoms with Crippen molar-refractivity contribution in [2.45, 2.75) is 15.2 Å². The molecule has 1 aliphatic heterocycles. The molecule has 4 nitrogen and oxygen atoms in total. The highest BCUT2D eigenvalue weighted by atomic mass is 32.2. The van der Waals surface area contributed by atoms with Gasteiger partial charge in [0.05, 0.1) is 16.4 Å². The number of aromatic nitrogens is 4. The summed E-state index contributed by atoms with van der Waals surface area (Å²) in [6.45, 7) is 0. The van der Waals surface area contributed by atoms with Crippen molar-refractivity contribution in [3.8, 4) is 51.0 Å². The molecule has 0 bridgehead atoms. The van der Waals surface area contributed by atoms with Crippen LogP contribution in [0.1, 0.15) is 22.3 Å². The summed E-state index contributed by atoms with van der Waals surface area (Å²) in [5.74, 6) is 1.91. The normalized spacial score (nSPS) is 13.3. The van der Waals surface area contributed by atoms with E-state index >= 15 is 0 Å². The van der Waals surface area contributed by atoms with E-state index in [-0.39, 0.29) is 0 Å². The lowest BCUT2D eigenvalue weighted by Crippen LogP contribution is -2.32. The lowest BCUT2D eigenvalue weighted by atomic mass is 9.67. The Bertz CT molecular complexity index is 3470. The van der Waals surface area contributed by atoms with Gasteiger partial charge in [-0.05, 0) is 57.0 Å². The number of benzene rings is 9. The predicted molar refractivity (Wildman–Crippen MR) is 249 cm³/mol. The van der Waals surface area contributed by atoms with Gasteiger partial charge in [0.25, 0.3) is 0 Å². The molecule has 0 amide bonds. The Hall–Kier alpha value is -7.60. The highest BCUT2D eigenvalue weighted by Crippen LogP contribution is 2.63. The van der Waals surface area contributed by atoms with Crippen LogP contribution in [0.5, 0.6) is 0 Å². The molecule has 11 aromatic rings. The number of hydrogen-bond acceptors (Lipinski definition) is 4. The van der Waals surface area contributed by atoms with Crippen molar-refractivity contribution in [3.63, 3.8) is 0 Å². The third-order valence-corrected chi connectivity index (χ3v) is 13.9. The topological polar surface area (TPSA) is 43.6 Å². The molecular weight excluding hydrogens is 761 g/mol. The Balaban J connectivity index is 1.13. The average molecular weight is 795 g/mol. The minimum absolute atomic E-state index is 0.490. The first-order valence-electron chi connectivity index (χ1n) is 20.7. The molecule has 13 rings (SSSR count). The van der Waals surface area contributed by atoms with Crippen LogP contribution in [0, 0.1) is 0 Å². The Kier molecular flexibility index (Phi) is 7.42. The van der Waals surface area contributed by atoms with Crippen molar-refractivity contribution in [3.05, 3.63) is 229 Å². The number of nitrogens with zero attached hydrogens (tertiary/aromatic N) is 4. The summed E-state index contributed by atoms with van der Waals surface area (Å²) in [6, 6.07) is 74.4. The Morgan fingerprint density at radius 2 is 0.918 bits per heavy atom. The predicted octanol–water partition coefficient (Wildman–Crippen LogP) is 14.0. The van der Waals surface area contributed by atoms with Crippen molar-refractivity contribution < 1.29 is 0 Å². The fourth-order valence-electron chi connectivity index (χ4n) is 10.2. The van der Waals surface area contributed by atoms with E-state index in [0.29, 0.717) is 17.5 Å². The van der Waals surface area contributed by atoms with E-state index in [0.717, 1.165) is 22.4 Å². The van der Waals surface area contributed by atoms with Gasteiger partial charge < -0.3 is 4.57 Å². The van der Waals surface area contributed by atoms with E-state index in [9.17, 15) is 0 Å². The summed E-state index contributed by atoms with van der Waals surface area (Å²) >= 11 is 1.90. The monoisotopic (exact) mass is 794 g/mol. The minimum atomic E-state index is -0.490. The molecule has 1 spiro atoms. The van der Waals surface area contributed by atoms with Gasteiger partial charge >= 0.3 is 0 Å². The van der Waals surface area contributed by atoms with Crippen molar-refractivity contribution in [2.75, 3.05) is 0 Å². The lowest BCUT2D eigenvalue weighted by Gasteiger charge is -2.40. The van der Waals surface area contributed by atoms with Crippen molar-refractivity contribution in [1.82, 2.24) is 19.5 Å². The number of hydrogen-bond donors (Lipinski definition) is 0. The summed E-state index contributed by atoms with van der Waals surface area (Å²) in [7, 11) is 0. The van der Waals surface area contributed by atoms with Gasteiger partial charge in [-0.2, -0.15) is 0 Å². The van der Waals surface area contributed by atoms with E-state index in [4.69, 9.17) is 15.0 Å². The molecule has 5 heteroatoms. The zero-order chi connectivity index (χ0) is 40.1. The average Bonchev–Trinajstić information content (AvgIpc) is 3.84. The smallest absolute Gasteiger partial charge is 0.164 e. The maximum Gasteiger partial charge on any atom is 0.164 e. The summed E-state index contributed by atoms with van der Waals surface area (Å²) in [4.78, 5) is 17.8. The van der Waals surface area contributed by atoms with Crippen LogP contribution >= 0.6 is 11.8 Å². The van der Waals surface area contributed by atoms with E-state index in [1.54, 1.807) is 0 Å². The van der Waals surface area contributed by atoms with Crippen LogP contribution < -0.4 is 0 Å². The molecule has 0 N–H and O–H groups in total. The molecular formula is C56H34N4S. The Morgan fingerprint density at radius 3 is 1.62 bits per heavy atom. The number of rotatable bonds is 4. The molecule has 3 heterocycles. The van der Waals surface area contributed by atoms with Gasteiger partial charge in [-0.25, -0.2) is 15.0 Å². The molecule has 2 aliphatic rings. The molecule has 9 aromatic carbocycles. The second-order valence-electron chi connectivity index (χ2n) is 15.9. The van der Waals surface area contributed by atoms with Gasteiger partial charge in [0.1, 0.15) is 0 Å². The van der Waals surface area contributed by atoms with Gasteiger partial charge in [0.2, 0.25) is 0 Å². The molecule has 284 valence electrons. The number of fused-ring (bicyclic) bond motifs is 15. The molecule has 0 unspecified atom stereocenters. The Morgan fingerprint density at radius 1 is 0.377 bits per heavy atom. The highest BCUT2D eigenvalue weighted by molar-refractivity contribution is 7.99. The fourth-order valence-corrected chi connectivity index (χ4v) is 11.5. The summed E-state index contributed by atoms with van der Waals surface area (Å²) < 4.78 is 2.52. The summed E-state index contributed by atoms with van der Waals surface area (Å²) in [5, 5.41) is 4.86. The van der Waals surface area contributed by atoms with Gasteiger partial charge in [-0.1, -0.05) is 200 Å². The molecule has 0 saturated heterocycles. The summed E-state index contributed by atoms with van der Waals surface area (Å²) in [5.41, 5.74) is 13.7. The van der Waals surface area contributed by atoms with Gasteiger partial charge in [0, 0.05) is 48.3 Å². The van der Waals surface area contributed by atoms with E-state index in [2.05, 4.69) is 174 Å². The minimum Gasteiger partial charge on any atom is -0.307 e. The van der Waals surface area contributed by atoms with Crippen LogP contribution in [0.25, 0.3) is 83.6 Å². The van der Waals surface area contributed by atoms with E-state index in [1.165, 1.54) is 75.7 Å². The molecule has 0 atom stereocenters. The van der Waals surface area contributed by atoms with Crippen molar-refractivity contribution >= 4 is 44.3 Å². The maximum atomic E-state index is 5.15. The standard InChI is InChI=1S/C56H34N4S/c1-3-17-36(18-4-1)53-57-54(37-19-5-2-6-20-37)59-55(58-53)38-21-15-22-39(34-38)60-50-40-23-8-7-16-35(40)30-31-43(50)44-32-33-48-52(51(44)60)61-49-29-14-13-28-47(49)56(48)45-26-11-9-24-41(45)42-25-10-12-27-46(42)56/h1-34H. The van der Waals surface area contributed by atoms with Gasteiger partial charge in [-0.15, -0.1) is 0 Å². The van der Waals surface area contributed by atoms with Crippen LogP contribution in [0.15, 0.2) is 216 Å². The Labute approximate surface area is 356 Å². The van der Waals surface area contributed by atoms with Crippen LogP contribution in [-0.4, -0.2) is 19.5 Å². The molecule has 0 radical (unpaired) electrons. The highest BCUT2D eigenvalue weighted by Gasteiger charge is 2.50. The van der Waals surface area contributed by atoms with Gasteiger partial charge in [0.15, 0.2) is 17.5 Å². The van der Waals surface area contributed by atoms with E-state index in [1.807, 2.05) is 48.2 Å². The first-order valence-corrected chi connectivity index (χ1v) is 21.5. The van der Waals surface area contributed by atoms with Crippen LogP contribution in [0.4, 0.5) is 0 Å². The van der Waals surface area contributed by atoms with Crippen molar-refractivity contribution in [1.29, 1.82) is 0 Å². The molecule has 0 fully saturated rings. The molecule has 61 heavy (non-hydrogen) atoms. The zero-order valence-corrected chi connectivity index (χ0v) is 33.6. The fraction of sp³-hybridized carbons (Fsp3) is 0.0179. The van der Waals surface area contributed by atoms with Crippen molar-refractivity contribution in [2.24, 2.45) is 0 Å². The van der Waals surface area contributed by atoms with Crippen LogP contribution in [-0.2, 0) is 5.41 Å². The SMILES string of the molecule is c1ccc(-c2nc(-c3ccccc3)nc(-c3cccc(-n4c5c6c(ccc5c5ccc7ccccc7c54)C4(c5ccccc5S6)c5ccccc5-c5ccccc54)c3)n2)cc1. The lowest BCUT2D eigenvalue weighted by molar-refractivity contribution is 0.724. The summed E-state index contributed by atoms with van der Waals surface area (Å²) in [6.07, 6.45) is 0. The third kappa shape index (κ3) is 4.92. The quantitative estimate of drug-likeness (QED) is 0.178. The van der Waals surface area contributed by atoms with Gasteiger partial charge in [-0.3, -0.25) is 0 Å². The maximum absolute atomic E-state index is 5.15. The van der Waals surface area contributed by atoms with Crippen LogP contribution in [0.2, 0.25) is 0 Å². The second-order valence-corrected chi connectivity index (χ2v) is 16.9. The molecule has 0 saturated carbocycles. The first-order chi connectivity index (χ1) is 30.3. The zero-order valence-electron chi connectivity index (χ0n) is 32.8. The first kappa shape index (κ1) is 34.3. The molecule has 1 aliphatic carbocycles. The largest absolute Gasteiger partial charge is 0.307 e. The third-order valence-electron chi connectivity index (χ3n) is 12.7. The van der Waals surface area contributed by atoms with E-state index < -0.39 is 5.41 Å². The molecule has 2 aromatic heterocycles. The van der Waals surface area contributed by atoms with Crippen LogP contribution in [0.3, 0.4) is 0 Å². The second kappa shape index (κ2) is 13.2.